The Labute approximate surface area is 113 Å². The van der Waals surface area contributed by atoms with Gasteiger partial charge in [0.25, 0.3) is 0 Å². The van der Waals surface area contributed by atoms with Crippen LogP contribution >= 0.6 is 11.6 Å². The van der Waals surface area contributed by atoms with Crippen LogP contribution in [0.2, 0.25) is 5.15 Å². The molecule has 0 saturated carbocycles. The number of rotatable bonds is 2. The van der Waals surface area contributed by atoms with E-state index in [0.717, 1.165) is 36.9 Å². The quantitative estimate of drug-likeness (QED) is 0.620. The second kappa shape index (κ2) is 5.17. The zero-order valence-electron chi connectivity index (χ0n) is 10.7. The number of aromatic nitrogens is 1. The molecule has 1 aromatic rings. The highest BCUT2D eigenvalue weighted by Crippen LogP contribution is 2.29. The van der Waals surface area contributed by atoms with Gasteiger partial charge < -0.3 is 0 Å². The van der Waals surface area contributed by atoms with Gasteiger partial charge in [0.05, 0.1) is 5.25 Å². The van der Waals surface area contributed by atoms with Crippen LogP contribution in [0.1, 0.15) is 44.4 Å². The van der Waals surface area contributed by atoms with Crippen molar-refractivity contribution in [2.24, 2.45) is 0 Å². The van der Waals surface area contributed by atoms with Crippen molar-refractivity contribution in [1.82, 2.24) is 4.98 Å². The third-order valence-electron chi connectivity index (χ3n) is 3.40. The highest BCUT2D eigenvalue weighted by Gasteiger charge is 2.25. The lowest BCUT2D eigenvalue weighted by atomic mass is 10.1. The van der Waals surface area contributed by atoms with E-state index >= 15 is 0 Å². The number of hydrogen-bond acceptors (Lipinski definition) is 3. The van der Waals surface area contributed by atoms with Crippen molar-refractivity contribution in [3.8, 4) is 0 Å². The Morgan fingerprint density at radius 2 is 1.89 bits per heavy atom. The Kier molecular flexibility index (Phi) is 3.97. The number of pyridine rings is 1. The molecule has 0 unspecified atom stereocenters. The molecule has 2 rings (SSSR count). The van der Waals surface area contributed by atoms with Gasteiger partial charge >= 0.3 is 0 Å². The van der Waals surface area contributed by atoms with E-state index < -0.39 is 15.1 Å². The summed E-state index contributed by atoms with van der Waals surface area (Å²) >= 11 is 6.05. The Morgan fingerprint density at radius 1 is 1.22 bits per heavy atom. The molecule has 0 fully saturated rings. The molecule has 0 radical (unpaired) electrons. The van der Waals surface area contributed by atoms with E-state index in [9.17, 15) is 8.42 Å². The summed E-state index contributed by atoms with van der Waals surface area (Å²) in [5, 5.41) is -0.343. The molecule has 1 aliphatic carbocycles. The number of sulfone groups is 1. The Balaban J connectivity index is 2.54. The summed E-state index contributed by atoms with van der Waals surface area (Å²) in [5.74, 6) is 0. The van der Waals surface area contributed by atoms with Gasteiger partial charge in [-0.05, 0) is 51.2 Å². The van der Waals surface area contributed by atoms with E-state index in [1.54, 1.807) is 19.9 Å². The van der Waals surface area contributed by atoms with Crippen LogP contribution in [0, 0.1) is 0 Å². The first-order chi connectivity index (χ1) is 8.43. The molecule has 0 bridgehead atoms. The SMILES string of the molecule is CC(C)S(=O)(=O)c1cc2c(nc1Cl)CCCCC2. The Hall–Kier alpha value is -0.610. The van der Waals surface area contributed by atoms with Crippen LogP contribution in [0.4, 0.5) is 0 Å². The minimum absolute atomic E-state index is 0.129. The van der Waals surface area contributed by atoms with Crippen LogP contribution in [-0.2, 0) is 22.7 Å². The average molecular weight is 288 g/mol. The van der Waals surface area contributed by atoms with Crippen molar-refractivity contribution in [3.63, 3.8) is 0 Å². The van der Waals surface area contributed by atoms with Gasteiger partial charge in [0, 0.05) is 5.69 Å². The van der Waals surface area contributed by atoms with Crippen LogP contribution in [0.5, 0.6) is 0 Å². The van der Waals surface area contributed by atoms with E-state index in [1.165, 1.54) is 6.42 Å². The van der Waals surface area contributed by atoms with Gasteiger partial charge in [-0.2, -0.15) is 0 Å². The van der Waals surface area contributed by atoms with Crippen LogP contribution in [0.3, 0.4) is 0 Å². The van der Waals surface area contributed by atoms with Crippen molar-refractivity contribution < 1.29 is 8.42 Å². The van der Waals surface area contributed by atoms with E-state index in [2.05, 4.69) is 4.98 Å². The topological polar surface area (TPSA) is 47.0 Å². The summed E-state index contributed by atoms with van der Waals surface area (Å²) in [6, 6.07) is 1.74. The number of hydrogen-bond donors (Lipinski definition) is 0. The molecule has 3 nitrogen and oxygen atoms in total. The maximum absolute atomic E-state index is 12.2. The van der Waals surface area contributed by atoms with Crippen LogP contribution in [-0.4, -0.2) is 18.7 Å². The molecule has 0 atom stereocenters. The van der Waals surface area contributed by atoms with Gasteiger partial charge in [-0.1, -0.05) is 18.0 Å². The molecule has 5 heteroatoms. The molecule has 1 heterocycles. The molecule has 1 aromatic heterocycles. The molecule has 0 aliphatic heterocycles. The molecule has 1 aliphatic rings. The zero-order valence-corrected chi connectivity index (χ0v) is 12.3. The molecule has 0 spiro atoms. The highest BCUT2D eigenvalue weighted by atomic mass is 35.5. The summed E-state index contributed by atoms with van der Waals surface area (Å²) in [5.41, 5.74) is 2.02. The van der Waals surface area contributed by atoms with E-state index in [4.69, 9.17) is 11.6 Å². The maximum atomic E-state index is 12.2. The van der Waals surface area contributed by atoms with Crippen LogP contribution in [0.15, 0.2) is 11.0 Å². The van der Waals surface area contributed by atoms with E-state index in [1.807, 2.05) is 0 Å². The second-order valence-electron chi connectivity index (χ2n) is 5.04. The molecule has 0 amide bonds. The second-order valence-corrected chi connectivity index (χ2v) is 7.87. The standard InChI is InChI=1S/C13H18ClNO2S/c1-9(2)18(16,17)12-8-10-6-4-3-5-7-11(10)15-13(12)14/h8-9H,3-7H2,1-2H3. The van der Waals surface area contributed by atoms with Gasteiger partial charge in [0.2, 0.25) is 0 Å². The summed E-state index contributed by atoms with van der Waals surface area (Å²) in [4.78, 5) is 4.50. The number of fused-ring (bicyclic) bond motifs is 1. The largest absolute Gasteiger partial charge is 0.239 e. The fourth-order valence-corrected chi connectivity index (χ4v) is 3.79. The fraction of sp³-hybridized carbons (Fsp3) is 0.615. The van der Waals surface area contributed by atoms with Gasteiger partial charge in [-0.25, -0.2) is 13.4 Å². The number of aryl methyl sites for hydroxylation is 2. The highest BCUT2D eigenvalue weighted by molar-refractivity contribution is 7.92. The van der Waals surface area contributed by atoms with Crippen molar-refractivity contribution in [3.05, 3.63) is 22.5 Å². The van der Waals surface area contributed by atoms with Gasteiger partial charge in [-0.15, -0.1) is 0 Å². The predicted molar refractivity (Wildman–Crippen MR) is 72.8 cm³/mol. The minimum Gasteiger partial charge on any atom is -0.239 e. The first-order valence-corrected chi connectivity index (χ1v) is 8.27. The third-order valence-corrected chi connectivity index (χ3v) is 5.96. The summed E-state index contributed by atoms with van der Waals surface area (Å²) in [7, 11) is -3.35. The Bertz CT molecular complexity index is 552. The van der Waals surface area contributed by atoms with Crippen LogP contribution in [0.25, 0.3) is 0 Å². The lowest BCUT2D eigenvalue weighted by molar-refractivity contribution is 0.586. The summed E-state index contributed by atoms with van der Waals surface area (Å²) in [6.45, 7) is 3.33. The monoisotopic (exact) mass is 287 g/mol. The van der Waals surface area contributed by atoms with Gasteiger partial charge in [-0.3, -0.25) is 0 Å². The maximum Gasteiger partial charge on any atom is 0.183 e. The molecule has 100 valence electrons. The Morgan fingerprint density at radius 3 is 2.56 bits per heavy atom. The molecular formula is C13H18ClNO2S. The predicted octanol–water partition coefficient (Wildman–Crippen LogP) is 3.19. The van der Waals surface area contributed by atoms with Crippen LogP contribution < -0.4 is 0 Å². The first kappa shape index (κ1) is 13.8. The number of nitrogens with zero attached hydrogens (tertiary/aromatic N) is 1. The van der Waals surface area contributed by atoms with Crippen molar-refractivity contribution in [2.45, 2.75) is 56.1 Å². The van der Waals surface area contributed by atoms with Gasteiger partial charge in [0.15, 0.2) is 9.84 Å². The first-order valence-electron chi connectivity index (χ1n) is 6.35. The zero-order chi connectivity index (χ0) is 13.3. The van der Waals surface area contributed by atoms with Crippen molar-refractivity contribution >= 4 is 21.4 Å². The third kappa shape index (κ3) is 2.54. The van der Waals surface area contributed by atoms with Gasteiger partial charge in [0.1, 0.15) is 10.0 Å². The van der Waals surface area contributed by atoms with E-state index in [-0.39, 0.29) is 10.0 Å². The lowest BCUT2D eigenvalue weighted by Gasteiger charge is -2.13. The summed E-state index contributed by atoms with van der Waals surface area (Å²) in [6.07, 6.45) is 5.17. The smallest absolute Gasteiger partial charge is 0.183 e. The van der Waals surface area contributed by atoms with Crippen molar-refractivity contribution in [2.75, 3.05) is 0 Å². The van der Waals surface area contributed by atoms with Crippen molar-refractivity contribution in [1.29, 1.82) is 0 Å². The normalized spacial score (nSPS) is 16.4. The molecular weight excluding hydrogens is 270 g/mol. The van der Waals surface area contributed by atoms with E-state index in [0.29, 0.717) is 0 Å². The average Bonchev–Trinajstić information content (AvgIpc) is 2.52. The fourth-order valence-electron chi connectivity index (χ4n) is 2.22. The minimum atomic E-state index is -3.35. The molecule has 0 aromatic carbocycles. The molecule has 18 heavy (non-hydrogen) atoms. The lowest BCUT2D eigenvalue weighted by Crippen LogP contribution is -2.16. The molecule has 0 saturated heterocycles. The molecule has 0 N–H and O–H groups in total. The number of halogens is 1. The summed E-state index contributed by atoms with van der Waals surface area (Å²) < 4.78 is 24.4.